The second-order valence-corrected chi connectivity index (χ2v) is 5.09. The third kappa shape index (κ3) is 2.81. The molecule has 0 fully saturated rings. The van der Waals surface area contributed by atoms with Gasteiger partial charge in [0.05, 0.1) is 5.56 Å². The van der Waals surface area contributed by atoms with Crippen molar-refractivity contribution < 1.29 is 4.79 Å². The summed E-state index contributed by atoms with van der Waals surface area (Å²) in [7, 11) is 0. The molecule has 0 unspecified atom stereocenters. The van der Waals surface area contributed by atoms with Gasteiger partial charge in [-0.15, -0.1) is 0 Å². The van der Waals surface area contributed by atoms with Gasteiger partial charge in [0.2, 0.25) is 0 Å². The van der Waals surface area contributed by atoms with Crippen molar-refractivity contribution in [3.05, 3.63) is 57.2 Å². The maximum Gasteiger partial charge on any atom is 0.256 e. The van der Waals surface area contributed by atoms with Crippen LogP contribution in [-0.2, 0) is 0 Å². The van der Waals surface area contributed by atoms with Crippen LogP contribution in [0.15, 0.2) is 42.5 Å². The van der Waals surface area contributed by atoms with Crippen LogP contribution in [0.4, 0.5) is 11.4 Å². The first kappa shape index (κ1) is 12.9. The zero-order valence-electron chi connectivity index (χ0n) is 9.91. The van der Waals surface area contributed by atoms with Crippen LogP contribution in [0.25, 0.3) is 0 Å². The fraction of sp³-hybridized carbons (Fsp3) is 0.0714. The predicted octanol–water partition coefficient (Wildman–Crippen LogP) is 3.43. The standard InChI is InChI=1S/C14H13IN2O/c1-9-4-2-7-12(13(9)15)14(18)17-11-6-3-5-10(16)8-11/h2-8H,16H2,1H3,(H,17,18). The largest absolute Gasteiger partial charge is 0.399 e. The Morgan fingerprint density at radius 2 is 1.94 bits per heavy atom. The predicted molar refractivity (Wildman–Crippen MR) is 82.7 cm³/mol. The Morgan fingerprint density at radius 3 is 2.67 bits per heavy atom. The number of nitrogens with two attached hydrogens (primary N) is 1. The number of aryl methyl sites for hydroxylation is 1. The number of hydrogen-bond donors (Lipinski definition) is 2. The fourth-order valence-electron chi connectivity index (χ4n) is 1.64. The molecule has 0 aliphatic rings. The van der Waals surface area contributed by atoms with Crippen molar-refractivity contribution >= 4 is 39.9 Å². The Labute approximate surface area is 120 Å². The van der Waals surface area contributed by atoms with Crippen LogP contribution in [0.3, 0.4) is 0 Å². The Balaban J connectivity index is 2.25. The molecule has 0 bridgehead atoms. The number of amides is 1. The molecule has 2 rings (SSSR count). The maximum atomic E-state index is 12.1. The Bertz CT molecular complexity index is 596. The molecule has 0 saturated heterocycles. The number of halogens is 1. The summed E-state index contributed by atoms with van der Waals surface area (Å²) in [6.45, 7) is 1.99. The van der Waals surface area contributed by atoms with E-state index in [0.717, 1.165) is 9.13 Å². The van der Waals surface area contributed by atoms with Gasteiger partial charge in [-0.1, -0.05) is 18.2 Å². The summed E-state index contributed by atoms with van der Waals surface area (Å²) in [6.07, 6.45) is 0. The molecule has 4 heteroatoms. The molecule has 92 valence electrons. The molecule has 0 saturated carbocycles. The van der Waals surface area contributed by atoms with E-state index >= 15 is 0 Å². The molecule has 2 aromatic carbocycles. The number of benzene rings is 2. The highest BCUT2D eigenvalue weighted by Gasteiger charge is 2.11. The highest BCUT2D eigenvalue weighted by molar-refractivity contribution is 14.1. The molecule has 0 aliphatic heterocycles. The summed E-state index contributed by atoms with van der Waals surface area (Å²) in [5, 5.41) is 2.84. The van der Waals surface area contributed by atoms with Crippen molar-refractivity contribution in [2.45, 2.75) is 6.92 Å². The van der Waals surface area contributed by atoms with E-state index in [-0.39, 0.29) is 5.91 Å². The van der Waals surface area contributed by atoms with E-state index in [1.165, 1.54) is 0 Å². The molecule has 0 spiro atoms. The van der Waals surface area contributed by atoms with Crippen molar-refractivity contribution in [3.8, 4) is 0 Å². The minimum Gasteiger partial charge on any atom is -0.399 e. The number of nitrogens with one attached hydrogen (secondary N) is 1. The molecule has 0 atom stereocenters. The zero-order valence-corrected chi connectivity index (χ0v) is 12.1. The quantitative estimate of drug-likeness (QED) is 0.643. The number of carbonyl (C=O) groups excluding carboxylic acids is 1. The number of carbonyl (C=O) groups is 1. The first-order valence-corrected chi connectivity index (χ1v) is 6.58. The van der Waals surface area contributed by atoms with Gasteiger partial charge in [0.15, 0.2) is 0 Å². The van der Waals surface area contributed by atoms with E-state index in [4.69, 9.17) is 5.73 Å². The van der Waals surface area contributed by atoms with Gasteiger partial charge in [0.1, 0.15) is 0 Å². The number of rotatable bonds is 2. The number of hydrogen-bond acceptors (Lipinski definition) is 2. The van der Waals surface area contributed by atoms with Crippen LogP contribution >= 0.6 is 22.6 Å². The summed E-state index contributed by atoms with van der Waals surface area (Å²) >= 11 is 2.18. The van der Waals surface area contributed by atoms with E-state index in [1.54, 1.807) is 12.1 Å². The van der Waals surface area contributed by atoms with Crippen LogP contribution in [0, 0.1) is 10.5 Å². The minimum atomic E-state index is -0.117. The van der Waals surface area contributed by atoms with E-state index in [9.17, 15) is 4.79 Å². The zero-order chi connectivity index (χ0) is 13.1. The third-order valence-corrected chi connectivity index (χ3v) is 4.01. The number of anilines is 2. The van der Waals surface area contributed by atoms with Gasteiger partial charge in [0.25, 0.3) is 5.91 Å². The molecule has 0 aliphatic carbocycles. The normalized spacial score (nSPS) is 10.1. The maximum absolute atomic E-state index is 12.1. The molecule has 1 amide bonds. The van der Waals surface area contributed by atoms with Crippen LogP contribution in [-0.4, -0.2) is 5.91 Å². The molecular formula is C14H13IN2O. The van der Waals surface area contributed by atoms with E-state index in [2.05, 4.69) is 27.9 Å². The first-order chi connectivity index (χ1) is 8.58. The molecule has 0 aromatic heterocycles. The van der Waals surface area contributed by atoms with E-state index < -0.39 is 0 Å². The van der Waals surface area contributed by atoms with Crippen LogP contribution in [0.1, 0.15) is 15.9 Å². The van der Waals surface area contributed by atoms with E-state index in [0.29, 0.717) is 16.9 Å². The van der Waals surface area contributed by atoms with Gasteiger partial charge >= 0.3 is 0 Å². The molecule has 0 radical (unpaired) electrons. The lowest BCUT2D eigenvalue weighted by Gasteiger charge is -2.08. The lowest BCUT2D eigenvalue weighted by molar-refractivity contribution is 0.102. The van der Waals surface area contributed by atoms with E-state index in [1.807, 2.05) is 37.3 Å². The summed E-state index contributed by atoms with van der Waals surface area (Å²) < 4.78 is 0.969. The summed E-state index contributed by atoms with van der Waals surface area (Å²) in [4.78, 5) is 12.1. The molecule has 2 aromatic rings. The second-order valence-electron chi connectivity index (χ2n) is 4.02. The average Bonchev–Trinajstić information content (AvgIpc) is 2.32. The molecule has 18 heavy (non-hydrogen) atoms. The highest BCUT2D eigenvalue weighted by Crippen LogP contribution is 2.19. The van der Waals surface area contributed by atoms with Crippen molar-refractivity contribution in [2.24, 2.45) is 0 Å². The smallest absolute Gasteiger partial charge is 0.256 e. The molecule has 3 nitrogen and oxygen atoms in total. The van der Waals surface area contributed by atoms with Gasteiger partial charge < -0.3 is 11.1 Å². The van der Waals surface area contributed by atoms with Crippen molar-refractivity contribution in [1.82, 2.24) is 0 Å². The Morgan fingerprint density at radius 1 is 1.22 bits per heavy atom. The third-order valence-electron chi connectivity index (χ3n) is 2.58. The van der Waals surface area contributed by atoms with Crippen LogP contribution < -0.4 is 11.1 Å². The molecule has 3 N–H and O–H groups in total. The first-order valence-electron chi connectivity index (χ1n) is 5.50. The monoisotopic (exact) mass is 352 g/mol. The SMILES string of the molecule is Cc1cccc(C(=O)Nc2cccc(N)c2)c1I. The number of nitrogen functional groups attached to an aromatic ring is 1. The Kier molecular flexibility index (Phi) is 3.86. The summed E-state index contributed by atoms with van der Waals surface area (Å²) in [5.41, 5.74) is 8.78. The minimum absolute atomic E-state index is 0.117. The topological polar surface area (TPSA) is 55.1 Å². The summed E-state index contributed by atoms with van der Waals surface area (Å²) in [6, 6.07) is 12.8. The van der Waals surface area contributed by atoms with Gasteiger partial charge in [-0.3, -0.25) is 4.79 Å². The highest BCUT2D eigenvalue weighted by atomic mass is 127. The van der Waals surface area contributed by atoms with Crippen molar-refractivity contribution in [1.29, 1.82) is 0 Å². The molecular weight excluding hydrogens is 339 g/mol. The lowest BCUT2D eigenvalue weighted by Crippen LogP contribution is -2.14. The molecule has 0 heterocycles. The second kappa shape index (κ2) is 5.39. The van der Waals surface area contributed by atoms with Gasteiger partial charge in [-0.25, -0.2) is 0 Å². The van der Waals surface area contributed by atoms with Crippen molar-refractivity contribution in [2.75, 3.05) is 11.1 Å². The van der Waals surface area contributed by atoms with Crippen molar-refractivity contribution in [3.63, 3.8) is 0 Å². The Hall–Kier alpha value is -1.56. The summed E-state index contributed by atoms with van der Waals surface area (Å²) in [5.74, 6) is -0.117. The average molecular weight is 352 g/mol. The van der Waals surface area contributed by atoms with Gasteiger partial charge in [-0.2, -0.15) is 0 Å². The van der Waals surface area contributed by atoms with Crippen LogP contribution in [0.2, 0.25) is 0 Å². The van der Waals surface area contributed by atoms with Gasteiger partial charge in [0, 0.05) is 14.9 Å². The lowest BCUT2D eigenvalue weighted by atomic mass is 10.1. The van der Waals surface area contributed by atoms with Crippen LogP contribution in [0.5, 0.6) is 0 Å². The van der Waals surface area contributed by atoms with Gasteiger partial charge in [-0.05, 0) is 59.3 Å². The fourth-order valence-corrected chi connectivity index (χ4v) is 2.24.